The summed E-state index contributed by atoms with van der Waals surface area (Å²) >= 11 is 0. The van der Waals surface area contributed by atoms with Crippen molar-refractivity contribution >= 4 is 97.7 Å². The van der Waals surface area contributed by atoms with Gasteiger partial charge in [-0.3, -0.25) is 0 Å². The Morgan fingerprint density at radius 3 is 1.05 bits per heavy atom. The lowest BCUT2D eigenvalue weighted by molar-refractivity contribution is 0.669. The summed E-state index contributed by atoms with van der Waals surface area (Å²) in [6.45, 7) is 0. The molecule has 0 saturated heterocycles. The standard InChI is InChI=1S/C92H56O2/c1-2-19-58(20-3-1)70-25-4-5-27-73(70)91-80-34-12-10-32-78(80)88(79-33-11-13-35-81(79)91)60-43-41-59(42-44-60)71-36-18-37-82-84-56-66(48-50-87(84)94-92(71)82)64-46-40-57-39-45-63(53-69(57)54-64)61-21-16-23-67(51-61)89-74-28-6-8-30-76(74)90(77-31-9-7-29-75(77)89)68-24-17-22-62(52-68)65-47-49-86-83(55-65)72-26-14-15-38-85(72)93-86/h1-56H. The monoisotopic (exact) mass is 1190 g/mol. The quantitative estimate of drug-likeness (QED) is 0.135. The molecule has 2 heteroatoms. The number of hydrogen-bond donors (Lipinski definition) is 0. The smallest absolute Gasteiger partial charge is 0.143 e. The largest absolute Gasteiger partial charge is 0.456 e. The Morgan fingerprint density at radius 2 is 0.489 bits per heavy atom. The van der Waals surface area contributed by atoms with Crippen LogP contribution in [-0.4, -0.2) is 0 Å². The Hall–Kier alpha value is -12.4. The van der Waals surface area contributed by atoms with Crippen LogP contribution in [0, 0.1) is 0 Å². The van der Waals surface area contributed by atoms with E-state index in [1.54, 1.807) is 0 Å². The molecule has 0 atom stereocenters. The van der Waals surface area contributed by atoms with E-state index in [9.17, 15) is 0 Å². The van der Waals surface area contributed by atoms with E-state index in [0.29, 0.717) is 0 Å². The normalized spacial score (nSPS) is 11.8. The van der Waals surface area contributed by atoms with Gasteiger partial charge in [-0.05, 0) is 203 Å². The highest BCUT2D eigenvalue weighted by Crippen LogP contribution is 2.49. The third-order valence-electron chi connectivity index (χ3n) is 19.6. The molecule has 0 fully saturated rings. The number of furan rings is 2. The van der Waals surface area contributed by atoms with Crippen molar-refractivity contribution < 1.29 is 8.83 Å². The zero-order valence-corrected chi connectivity index (χ0v) is 51.1. The Morgan fingerprint density at radius 1 is 0.149 bits per heavy atom. The van der Waals surface area contributed by atoms with Crippen molar-refractivity contribution in [2.75, 3.05) is 0 Å². The van der Waals surface area contributed by atoms with Gasteiger partial charge in [0, 0.05) is 27.1 Å². The average Bonchev–Trinajstić information content (AvgIpc) is 1.09. The fraction of sp³-hybridized carbons (Fsp3) is 0. The van der Waals surface area contributed by atoms with E-state index in [-0.39, 0.29) is 0 Å². The summed E-state index contributed by atoms with van der Waals surface area (Å²) in [5, 5.41) is 16.7. The van der Waals surface area contributed by atoms with E-state index in [1.807, 2.05) is 12.1 Å². The Balaban J connectivity index is 0.644. The second kappa shape index (κ2) is 21.7. The van der Waals surface area contributed by atoms with Gasteiger partial charge in [0.15, 0.2) is 0 Å². The Kier molecular flexibility index (Phi) is 12.3. The van der Waals surface area contributed by atoms with Crippen LogP contribution >= 0.6 is 0 Å². The Bertz CT molecular complexity index is 6170. The van der Waals surface area contributed by atoms with Crippen LogP contribution in [0.2, 0.25) is 0 Å². The maximum Gasteiger partial charge on any atom is 0.143 e. The van der Waals surface area contributed by atoms with Crippen LogP contribution in [0.3, 0.4) is 0 Å². The molecule has 0 spiro atoms. The first-order valence-electron chi connectivity index (χ1n) is 32.4. The molecule has 436 valence electrons. The summed E-state index contributed by atoms with van der Waals surface area (Å²) in [5.41, 5.74) is 24.9. The van der Waals surface area contributed by atoms with Crippen molar-refractivity contribution in [1.82, 2.24) is 0 Å². The van der Waals surface area contributed by atoms with Crippen LogP contribution < -0.4 is 0 Å². The zero-order valence-electron chi connectivity index (χ0n) is 51.1. The summed E-state index contributed by atoms with van der Waals surface area (Å²) in [5.74, 6) is 0. The first-order chi connectivity index (χ1) is 46.6. The highest BCUT2D eigenvalue weighted by Gasteiger charge is 2.22. The van der Waals surface area contributed by atoms with Gasteiger partial charge in [0.2, 0.25) is 0 Å². The van der Waals surface area contributed by atoms with Crippen molar-refractivity contribution in [3.05, 3.63) is 340 Å². The number of fused-ring (bicyclic) bond motifs is 11. The maximum absolute atomic E-state index is 6.84. The number of para-hydroxylation sites is 2. The van der Waals surface area contributed by atoms with Crippen molar-refractivity contribution in [2.45, 2.75) is 0 Å². The van der Waals surface area contributed by atoms with E-state index in [0.717, 1.165) is 71.7 Å². The van der Waals surface area contributed by atoms with Crippen LogP contribution in [0.1, 0.15) is 0 Å². The third-order valence-corrected chi connectivity index (χ3v) is 19.6. The molecule has 0 aliphatic carbocycles. The summed E-state index contributed by atoms with van der Waals surface area (Å²) in [7, 11) is 0. The topological polar surface area (TPSA) is 26.3 Å². The predicted molar refractivity (Wildman–Crippen MR) is 397 cm³/mol. The van der Waals surface area contributed by atoms with Gasteiger partial charge >= 0.3 is 0 Å². The van der Waals surface area contributed by atoms with E-state index >= 15 is 0 Å². The van der Waals surface area contributed by atoms with Crippen LogP contribution in [0.25, 0.3) is 198 Å². The van der Waals surface area contributed by atoms with Gasteiger partial charge in [0.25, 0.3) is 0 Å². The van der Waals surface area contributed by atoms with Crippen LogP contribution in [-0.2, 0) is 0 Å². The molecule has 2 aromatic heterocycles. The number of benzene rings is 17. The molecule has 0 amide bonds. The minimum Gasteiger partial charge on any atom is -0.456 e. The van der Waals surface area contributed by atoms with E-state index in [1.165, 1.54) is 126 Å². The molecule has 2 nitrogen and oxygen atoms in total. The fourth-order valence-electron chi connectivity index (χ4n) is 15.3. The second-order valence-electron chi connectivity index (χ2n) is 24.9. The predicted octanol–water partition coefficient (Wildman–Crippen LogP) is 26.3. The molecule has 17 aromatic carbocycles. The summed E-state index contributed by atoms with van der Waals surface area (Å²) in [6.07, 6.45) is 0. The van der Waals surface area contributed by atoms with Crippen LogP contribution in [0.4, 0.5) is 0 Å². The SMILES string of the molecule is c1ccc(-c2ccccc2-c2c3ccccc3c(-c3ccc(-c4cccc5c4oc4ccc(-c6ccc7ccc(-c8cccc(-c9c%10ccccc%10c(-c%10cccc(-c%11ccc%12oc%13ccccc%13c%12c%11)c%10)c%10ccccc9%10)c8)cc7c6)cc45)cc3)c3ccccc23)cc1. The van der Waals surface area contributed by atoms with Gasteiger partial charge in [0.05, 0.1) is 0 Å². The lowest BCUT2D eigenvalue weighted by Crippen LogP contribution is -1.92. The lowest BCUT2D eigenvalue weighted by atomic mass is 9.83. The molecule has 0 unspecified atom stereocenters. The molecule has 0 saturated carbocycles. The van der Waals surface area contributed by atoms with Gasteiger partial charge in [0.1, 0.15) is 22.3 Å². The Labute approximate surface area is 543 Å². The molecule has 2 heterocycles. The summed E-state index contributed by atoms with van der Waals surface area (Å²) < 4.78 is 13.1. The molecule has 0 N–H and O–H groups in total. The van der Waals surface area contributed by atoms with Gasteiger partial charge in [-0.25, -0.2) is 0 Å². The highest BCUT2D eigenvalue weighted by molar-refractivity contribution is 6.24. The second-order valence-corrected chi connectivity index (χ2v) is 24.9. The first kappa shape index (κ1) is 53.5. The average molecular weight is 1190 g/mol. The molecule has 19 rings (SSSR count). The molecule has 19 aromatic rings. The van der Waals surface area contributed by atoms with E-state index in [4.69, 9.17) is 8.83 Å². The maximum atomic E-state index is 6.84. The molecule has 0 aliphatic rings. The first-order valence-corrected chi connectivity index (χ1v) is 32.4. The van der Waals surface area contributed by atoms with Crippen molar-refractivity contribution in [2.24, 2.45) is 0 Å². The molecule has 0 bridgehead atoms. The number of hydrogen-bond acceptors (Lipinski definition) is 2. The molecular formula is C92H56O2. The van der Waals surface area contributed by atoms with Crippen LogP contribution in [0.15, 0.2) is 349 Å². The van der Waals surface area contributed by atoms with Gasteiger partial charge < -0.3 is 8.83 Å². The van der Waals surface area contributed by atoms with Crippen molar-refractivity contribution in [3.8, 4) is 100 Å². The fourth-order valence-corrected chi connectivity index (χ4v) is 15.3. The van der Waals surface area contributed by atoms with Gasteiger partial charge in [-0.2, -0.15) is 0 Å². The third kappa shape index (κ3) is 8.72. The highest BCUT2D eigenvalue weighted by atomic mass is 16.3. The van der Waals surface area contributed by atoms with Crippen LogP contribution in [0.5, 0.6) is 0 Å². The lowest BCUT2D eigenvalue weighted by Gasteiger charge is -2.19. The summed E-state index contributed by atoms with van der Waals surface area (Å²) in [6, 6.07) is 124. The molecule has 0 radical (unpaired) electrons. The molecule has 94 heavy (non-hydrogen) atoms. The van der Waals surface area contributed by atoms with E-state index in [2.05, 4.69) is 328 Å². The minimum absolute atomic E-state index is 0.871. The van der Waals surface area contributed by atoms with E-state index < -0.39 is 0 Å². The van der Waals surface area contributed by atoms with Gasteiger partial charge in [-0.15, -0.1) is 0 Å². The number of rotatable bonds is 9. The van der Waals surface area contributed by atoms with Crippen molar-refractivity contribution in [3.63, 3.8) is 0 Å². The summed E-state index contributed by atoms with van der Waals surface area (Å²) in [4.78, 5) is 0. The zero-order chi connectivity index (χ0) is 61.8. The minimum atomic E-state index is 0.871. The molecular weight excluding hydrogens is 1140 g/mol. The molecule has 0 aliphatic heterocycles. The van der Waals surface area contributed by atoms with Crippen molar-refractivity contribution in [1.29, 1.82) is 0 Å². The van der Waals surface area contributed by atoms with Gasteiger partial charge in [-0.1, -0.05) is 285 Å².